The zero-order valence-electron chi connectivity index (χ0n) is 17.9. The van der Waals surface area contributed by atoms with Crippen molar-refractivity contribution < 1.29 is 8.42 Å². The van der Waals surface area contributed by atoms with Crippen molar-refractivity contribution in [3.63, 3.8) is 0 Å². The molecule has 1 aromatic heterocycles. The first kappa shape index (κ1) is 23.2. The summed E-state index contributed by atoms with van der Waals surface area (Å²) in [5.41, 5.74) is 3.12. The highest BCUT2D eigenvalue weighted by molar-refractivity contribution is 9.10. The first-order valence-electron chi connectivity index (χ1n) is 10.3. The fourth-order valence-electron chi connectivity index (χ4n) is 3.89. The van der Waals surface area contributed by atoms with Crippen molar-refractivity contribution in [1.29, 1.82) is 0 Å². The number of aryl methyl sites for hydroxylation is 2. The molecule has 0 spiro atoms. The molecule has 0 atom stereocenters. The highest BCUT2D eigenvalue weighted by Crippen LogP contribution is 2.27. The number of halogens is 2. The van der Waals surface area contributed by atoms with Crippen LogP contribution >= 0.6 is 27.5 Å². The Labute approximate surface area is 202 Å². The fraction of sp³-hybridized carbons (Fsp3) is 0.304. The second-order valence-corrected chi connectivity index (χ2v) is 11.1. The van der Waals surface area contributed by atoms with E-state index in [2.05, 4.69) is 25.8 Å². The molecule has 0 amide bonds. The second kappa shape index (κ2) is 9.47. The van der Waals surface area contributed by atoms with Crippen LogP contribution in [0.25, 0.3) is 0 Å². The Bertz CT molecular complexity index is 1210. The fourth-order valence-corrected chi connectivity index (χ4v) is 5.70. The zero-order valence-corrected chi connectivity index (χ0v) is 21.1. The van der Waals surface area contributed by atoms with E-state index in [0.29, 0.717) is 48.3 Å². The van der Waals surface area contributed by atoms with Gasteiger partial charge in [0, 0.05) is 53.4 Å². The van der Waals surface area contributed by atoms with E-state index in [-0.39, 0.29) is 0 Å². The molecule has 9 heteroatoms. The van der Waals surface area contributed by atoms with E-state index in [1.165, 1.54) is 0 Å². The molecule has 0 radical (unpaired) electrons. The van der Waals surface area contributed by atoms with Crippen molar-refractivity contribution in [3.8, 4) is 0 Å². The lowest BCUT2D eigenvalue weighted by molar-refractivity contribution is 0.383. The Morgan fingerprint density at radius 2 is 1.56 bits per heavy atom. The summed E-state index contributed by atoms with van der Waals surface area (Å²) in [6, 6.07) is 14.5. The van der Waals surface area contributed by atoms with E-state index in [1.54, 1.807) is 28.6 Å². The second-order valence-electron chi connectivity index (χ2n) is 7.81. The van der Waals surface area contributed by atoms with E-state index in [4.69, 9.17) is 16.6 Å². The summed E-state index contributed by atoms with van der Waals surface area (Å²) < 4.78 is 28.5. The maximum atomic E-state index is 13.0. The summed E-state index contributed by atoms with van der Waals surface area (Å²) >= 11 is 9.39. The van der Waals surface area contributed by atoms with E-state index in [9.17, 15) is 8.42 Å². The van der Waals surface area contributed by atoms with Crippen LogP contribution in [0.3, 0.4) is 0 Å². The third-order valence-electron chi connectivity index (χ3n) is 5.59. The van der Waals surface area contributed by atoms with Gasteiger partial charge in [-0.05, 0) is 55.8 Å². The summed E-state index contributed by atoms with van der Waals surface area (Å²) in [4.78, 5) is 11.8. The minimum atomic E-state index is -3.52. The predicted molar refractivity (Wildman–Crippen MR) is 131 cm³/mol. The van der Waals surface area contributed by atoms with Gasteiger partial charge in [0.25, 0.3) is 0 Å². The SMILES string of the molecule is Cc1nc(C)c(Cc2ccc(Cl)cc2)c(N2CCN(S(=O)(=O)c3ccc(Br)cc3)CC2)n1. The van der Waals surface area contributed by atoms with Crippen LogP contribution in [0.4, 0.5) is 5.82 Å². The zero-order chi connectivity index (χ0) is 22.9. The molecular weight excluding hydrogens is 512 g/mol. The number of rotatable bonds is 5. The van der Waals surface area contributed by atoms with E-state index in [1.807, 2.05) is 38.1 Å². The smallest absolute Gasteiger partial charge is 0.243 e. The third kappa shape index (κ3) is 4.98. The summed E-state index contributed by atoms with van der Waals surface area (Å²) in [5.74, 6) is 1.59. The van der Waals surface area contributed by atoms with Gasteiger partial charge in [0.1, 0.15) is 11.6 Å². The largest absolute Gasteiger partial charge is 0.354 e. The molecule has 6 nitrogen and oxygen atoms in total. The van der Waals surface area contributed by atoms with Crippen molar-refractivity contribution in [2.24, 2.45) is 0 Å². The molecule has 1 fully saturated rings. The average molecular weight is 536 g/mol. The summed E-state index contributed by atoms with van der Waals surface area (Å²) in [6.45, 7) is 5.83. The number of nitrogens with zero attached hydrogens (tertiary/aromatic N) is 4. The van der Waals surface area contributed by atoms with Crippen molar-refractivity contribution >= 4 is 43.4 Å². The van der Waals surface area contributed by atoms with Crippen LogP contribution in [0.1, 0.15) is 22.6 Å². The van der Waals surface area contributed by atoms with Crippen LogP contribution in [-0.4, -0.2) is 48.9 Å². The van der Waals surface area contributed by atoms with Crippen molar-refractivity contribution in [2.45, 2.75) is 25.2 Å². The molecule has 0 unspecified atom stereocenters. The lowest BCUT2D eigenvalue weighted by atomic mass is 10.0. The van der Waals surface area contributed by atoms with Gasteiger partial charge in [-0.2, -0.15) is 4.31 Å². The highest BCUT2D eigenvalue weighted by Gasteiger charge is 2.30. The Morgan fingerprint density at radius 1 is 0.938 bits per heavy atom. The van der Waals surface area contributed by atoms with Gasteiger partial charge in [-0.15, -0.1) is 0 Å². The van der Waals surface area contributed by atoms with Crippen molar-refractivity contribution in [3.05, 3.63) is 80.7 Å². The Kier molecular flexibility index (Phi) is 6.86. The molecule has 1 saturated heterocycles. The van der Waals surface area contributed by atoms with Crippen LogP contribution in [0.2, 0.25) is 5.02 Å². The molecule has 0 N–H and O–H groups in total. The van der Waals surface area contributed by atoms with E-state index < -0.39 is 10.0 Å². The van der Waals surface area contributed by atoms with E-state index in [0.717, 1.165) is 27.1 Å². The molecule has 2 aromatic carbocycles. The summed E-state index contributed by atoms with van der Waals surface area (Å²) in [5, 5.41) is 0.703. The predicted octanol–water partition coefficient (Wildman–Crippen LogP) is 4.61. The first-order chi connectivity index (χ1) is 15.2. The lowest BCUT2D eigenvalue weighted by Gasteiger charge is -2.36. The number of aromatic nitrogens is 2. The number of piperazine rings is 1. The third-order valence-corrected chi connectivity index (χ3v) is 8.28. The quantitative estimate of drug-likeness (QED) is 0.477. The van der Waals surface area contributed by atoms with Crippen LogP contribution in [-0.2, 0) is 16.4 Å². The normalized spacial score (nSPS) is 15.2. The van der Waals surface area contributed by atoms with E-state index >= 15 is 0 Å². The summed E-state index contributed by atoms with van der Waals surface area (Å²) in [6.07, 6.45) is 0.690. The molecular formula is C23H24BrClN4O2S. The first-order valence-corrected chi connectivity index (χ1v) is 12.9. The van der Waals surface area contributed by atoms with Crippen LogP contribution in [0, 0.1) is 13.8 Å². The molecule has 32 heavy (non-hydrogen) atoms. The van der Waals surface area contributed by atoms with Gasteiger partial charge >= 0.3 is 0 Å². The Morgan fingerprint density at radius 3 is 2.19 bits per heavy atom. The topological polar surface area (TPSA) is 66.4 Å². The molecule has 168 valence electrons. The van der Waals surface area contributed by atoms with Crippen LogP contribution in [0.15, 0.2) is 57.9 Å². The molecule has 4 rings (SSSR count). The number of hydrogen-bond donors (Lipinski definition) is 0. The van der Waals surface area contributed by atoms with Gasteiger partial charge in [0.2, 0.25) is 10.0 Å². The van der Waals surface area contributed by atoms with Crippen LogP contribution < -0.4 is 4.90 Å². The van der Waals surface area contributed by atoms with Gasteiger partial charge < -0.3 is 4.90 Å². The van der Waals surface area contributed by atoms with Crippen molar-refractivity contribution in [2.75, 3.05) is 31.1 Å². The molecule has 1 aliphatic heterocycles. The highest BCUT2D eigenvalue weighted by atomic mass is 79.9. The number of sulfonamides is 1. The van der Waals surface area contributed by atoms with Gasteiger partial charge in [0.05, 0.1) is 4.90 Å². The molecule has 1 aliphatic rings. The number of anilines is 1. The van der Waals surface area contributed by atoms with Crippen LogP contribution in [0.5, 0.6) is 0 Å². The van der Waals surface area contributed by atoms with Gasteiger partial charge in [-0.25, -0.2) is 18.4 Å². The average Bonchev–Trinajstić information content (AvgIpc) is 2.77. The molecule has 3 aromatic rings. The van der Waals surface area contributed by atoms with Gasteiger partial charge in [-0.1, -0.05) is 39.7 Å². The molecule has 0 saturated carbocycles. The molecule has 0 aliphatic carbocycles. The van der Waals surface area contributed by atoms with Crippen molar-refractivity contribution in [1.82, 2.24) is 14.3 Å². The Hall–Kier alpha value is -2.00. The Balaban J connectivity index is 1.55. The number of hydrogen-bond acceptors (Lipinski definition) is 5. The summed E-state index contributed by atoms with van der Waals surface area (Å²) in [7, 11) is -3.52. The maximum Gasteiger partial charge on any atom is 0.243 e. The minimum Gasteiger partial charge on any atom is -0.354 e. The molecule has 2 heterocycles. The van der Waals surface area contributed by atoms with Gasteiger partial charge in [-0.3, -0.25) is 0 Å². The monoisotopic (exact) mass is 534 g/mol. The number of benzene rings is 2. The minimum absolute atomic E-state index is 0.311. The maximum absolute atomic E-state index is 13.0. The molecule has 0 bridgehead atoms. The lowest BCUT2D eigenvalue weighted by Crippen LogP contribution is -2.49. The van der Waals surface area contributed by atoms with Gasteiger partial charge in [0.15, 0.2) is 0 Å². The standard InChI is InChI=1S/C23H24BrClN4O2S/c1-16-22(15-18-3-7-20(25)8-4-18)23(27-17(2)26-16)28-11-13-29(14-12-28)32(30,31)21-9-5-19(24)6-10-21/h3-10H,11-15H2,1-2H3.